The molecule has 0 heterocycles. The number of hydrogen-bond acceptors (Lipinski definition) is 4. The molecule has 102 valence electrons. The summed E-state index contributed by atoms with van der Waals surface area (Å²) in [7, 11) is 0. The molecule has 0 aliphatic heterocycles. The van der Waals surface area contributed by atoms with Crippen LogP contribution in [0.15, 0.2) is 18.2 Å². The fourth-order valence-corrected chi connectivity index (χ4v) is 2.03. The summed E-state index contributed by atoms with van der Waals surface area (Å²) in [6, 6.07) is 5.02. The van der Waals surface area contributed by atoms with Crippen molar-refractivity contribution in [2.75, 3.05) is 39.5 Å². The molecule has 18 heavy (non-hydrogen) atoms. The zero-order chi connectivity index (χ0) is 13.4. The highest BCUT2D eigenvalue weighted by atomic mass is 35.5. The van der Waals surface area contributed by atoms with Crippen LogP contribution in [0.3, 0.4) is 0 Å². The normalized spacial score (nSPS) is 10.9. The Balaban J connectivity index is 2.39. The summed E-state index contributed by atoms with van der Waals surface area (Å²) in [6.07, 6.45) is 0. The Bertz CT molecular complexity index is 337. The van der Waals surface area contributed by atoms with Crippen LogP contribution in [0.1, 0.15) is 0 Å². The first kappa shape index (κ1) is 15.5. The average Bonchev–Trinajstić information content (AvgIpc) is 2.28. The Kier molecular flexibility index (Phi) is 7.39. The monoisotopic (exact) mass is 293 g/mol. The molecule has 4 nitrogen and oxygen atoms in total. The lowest BCUT2D eigenvalue weighted by atomic mass is 10.3. The van der Waals surface area contributed by atoms with Gasteiger partial charge in [0.05, 0.1) is 13.2 Å². The lowest BCUT2D eigenvalue weighted by molar-refractivity contribution is 0.141. The summed E-state index contributed by atoms with van der Waals surface area (Å²) >= 11 is 11.7. The maximum absolute atomic E-state index is 8.85. The van der Waals surface area contributed by atoms with E-state index in [9.17, 15) is 0 Å². The van der Waals surface area contributed by atoms with E-state index in [0.717, 1.165) is 0 Å². The van der Waals surface area contributed by atoms with Gasteiger partial charge in [-0.1, -0.05) is 23.2 Å². The van der Waals surface area contributed by atoms with E-state index in [1.807, 2.05) is 4.90 Å². The van der Waals surface area contributed by atoms with Crippen LogP contribution in [0, 0.1) is 0 Å². The van der Waals surface area contributed by atoms with Crippen molar-refractivity contribution < 1.29 is 14.9 Å². The number of hydrogen-bond donors (Lipinski definition) is 2. The van der Waals surface area contributed by atoms with Crippen molar-refractivity contribution in [1.29, 1.82) is 0 Å². The summed E-state index contributed by atoms with van der Waals surface area (Å²) in [5.74, 6) is 0.612. The Morgan fingerprint density at radius 2 is 1.50 bits per heavy atom. The second kappa shape index (κ2) is 8.56. The fourth-order valence-electron chi connectivity index (χ4n) is 1.52. The van der Waals surface area contributed by atoms with Crippen LogP contribution >= 0.6 is 23.2 Å². The molecule has 1 rings (SSSR count). The summed E-state index contributed by atoms with van der Waals surface area (Å²) in [5.41, 5.74) is 0. The number of ether oxygens (including phenoxy) is 1. The highest BCUT2D eigenvalue weighted by Crippen LogP contribution is 2.23. The van der Waals surface area contributed by atoms with Crippen LogP contribution in [0.2, 0.25) is 10.0 Å². The van der Waals surface area contributed by atoms with Crippen LogP contribution in [0.4, 0.5) is 0 Å². The molecule has 0 saturated carbocycles. The molecule has 0 unspecified atom stereocenters. The summed E-state index contributed by atoms with van der Waals surface area (Å²) in [4.78, 5) is 1.91. The average molecular weight is 294 g/mol. The van der Waals surface area contributed by atoms with E-state index < -0.39 is 0 Å². The molecule has 0 amide bonds. The van der Waals surface area contributed by atoms with Gasteiger partial charge in [0.1, 0.15) is 12.4 Å². The lowest BCUT2D eigenvalue weighted by Crippen LogP contribution is -2.33. The number of aliphatic hydroxyl groups is 2. The predicted octanol–water partition coefficient (Wildman–Crippen LogP) is 1.66. The van der Waals surface area contributed by atoms with E-state index in [1.165, 1.54) is 0 Å². The molecule has 0 atom stereocenters. The molecule has 0 saturated heterocycles. The third-order valence-corrected chi connectivity index (χ3v) is 2.78. The quantitative estimate of drug-likeness (QED) is 0.765. The lowest BCUT2D eigenvalue weighted by Gasteiger charge is -2.20. The molecule has 0 aromatic heterocycles. The van der Waals surface area contributed by atoms with E-state index in [1.54, 1.807) is 18.2 Å². The van der Waals surface area contributed by atoms with Crippen LogP contribution in [0.25, 0.3) is 0 Å². The standard InChI is InChI=1S/C12H17Cl2NO3/c13-10-7-11(14)9-12(8-10)18-6-3-15(1-4-16)2-5-17/h7-9,16-17H,1-6H2. The van der Waals surface area contributed by atoms with Gasteiger partial charge in [-0.05, 0) is 18.2 Å². The van der Waals surface area contributed by atoms with E-state index in [4.69, 9.17) is 38.2 Å². The Labute approximate surface area is 117 Å². The number of rotatable bonds is 8. The Morgan fingerprint density at radius 3 is 2.00 bits per heavy atom. The largest absolute Gasteiger partial charge is 0.492 e. The molecule has 0 bridgehead atoms. The number of nitrogens with zero attached hydrogens (tertiary/aromatic N) is 1. The van der Waals surface area contributed by atoms with Gasteiger partial charge in [-0.15, -0.1) is 0 Å². The third kappa shape index (κ3) is 5.89. The summed E-state index contributed by atoms with van der Waals surface area (Å²) in [6.45, 7) is 2.20. The van der Waals surface area contributed by atoms with Gasteiger partial charge in [0, 0.05) is 29.7 Å². The van der Waals surface area contributed by atoms with Crippen molar-refractivity contribution in [2.24, 2.45) is 0 Å². The minimum Gasteiger partial charge on any atom is -0.492 e. The van der Waals surface area contributed by atoms with Crippen molar-refractivity contribution in [3.05, 3.63) is 28.2 Å². The van der Waals surface area contributed by atoms with Crippen LogP contribution in [-0.4, -0.2) is 54.6 Å². The van der Waals surface area contributed by atoms with E-state index in [2.05, 4.69) is 0 Å². The molecule has 0 aliphatic carbocycles. The third-order valence-electron chi connectivity index (χ3n) is 2.34. The van der Waals surface area contributed by atoms with Crippen LogP contribution < -0.4 is 4.74 Å². The molecule has 0 fully saturated rings. The molecule has 0 radical (unpaired) electrons. The second-order valence-electron chi connectivity index (χ2n) is 3.74. The highest BCUT2D eigenvalue weighted by molar-refractivity contribution is 6.34. The van der Waals surface area contributed by atoms with Gasteiger partial charge >= 0.3 is 0 Å². The SMILES string of the molecule is OCCN(CCO)CCOc1cc(Cl)cc(Cl)c1. The van der Waals surface area contributed by atoms with E-state index in [0.29, 0.717) is 42.0 Å². The van der Waals surface area contributed by atoms with E-state index in [-0.39, 0.29) is 13.2 Å². The molecule has 0 spiro atoms. The zero-order valence-corrected chi connectivity index (χ0v) is 11.5. The van der Waals surface area contributed by atoms with Gasteiger partial charge in [0.15, 0.2) is 0 Å². The first-order chi connectivity index (χ1) is 8.65. The molecule has 6 heteroatoms. The smallest absolute Gasteiger partial charge is 0.122 e. The molecule has 1 aromatic carbocycles. The topological polar surface area (TPSA) is 52.9 Å². The van der Waals surface area contributed by atoms with Gasteiger partial charge in [0.25, 0.3) is 0 Å². The van der Waals surface area contributed by atoms with E-state index >= 15 is 0 Å². The van der Waals surface area contributed by atoms with Crippen molar-refractivity contribution >= 4 is 23.2 Å². The number of benzene rings is 1. The van der Waals surface area contributed by atoms with Gasteiger partial charge < -0.3 is 14.9 Å². The predicted molar refractivity (Wildman–Crippen MR) is 72.6 cm³/mol. The highest BCUT2D eigenvalue weighted by Gasteiger charge is 2.04. The summed E-state index contributed by atoms with van der Waals surface area (Å²) in [5, 5.41) is 18.8. The molecular weight excluding hydrogens is 277 g/mol. The maximum Gasteiger partial charge on any atom is 0.122 e. The number of aliphatic hydroxyl groups excluding tert-OH is 2. The minimum absolute atomic E-state index is 0.0585. The number of halogens is 2. The first-order valence-electron chi connectivity index (χ1n) is 5.68. The van der Waals surface area contributed by atoms with Gasteiger partial charge in [0.2, 0.25) is 0 Å². The maximum atomic E-state index is 8.85. The van der Waals surface area contributed by atoms with Crippen molar-refractivity contribution in [1.82, 2.24) is 4.90 Å². The Morgan fingerprint density at radius 1 is 0.944 bits per heavy atom. The second-order valence-corrected chi connectivity index (χ2v) is 4.62. The van der Waals surface area contributed by atoms with Crippen molar-refractivity contribution in [3.63, 3.8) is 0 Å². The minimum atomic E-state index is 0.0585. The van der Waals surface area contributed by atoms with Gasteiger partial charge in [-0.25, -0.2) is 0 Å². The van der Waals surface area contributed by atoms with Crippen molar-refractivity contribution in [3.8, 4) is 5.75 Å². The van der Waals surface area contributed by atoms with Gasteiger partial charge in [-0.3, -0.25) is 4.90 Å². The fraction of sp³-hybridized carbons (Fsp3) is 0.500. The zero-order valence-electron chi connectivity index (χ0n) is 9.98. The first-order valence-corrected chi connectivity index (χ1v) is 6.44. The van der Waals surface area contributed by atoms with Crippen molar-refractivity contribution in [2.45, 2.75) is 0 Å². The van der Waals surface area contributed by atoms with Gasteiger partial charge in [-0.2, -0.15) is 0 Å². The molecular formula is C12H17Cl2NO3. The van der Waals surface area contributed by atoms with Crippen LogP contribution in [0.5, 0.6) is 5.75 Å². The molecule has 0 aliphatic rings. The molecule has 1 aromatic rings. The summed E-state index contributed by atoms with van der Waals surface area (Å²) < 4.78 is 5.52. The molecule has 2 N–H and O–H groups in total. The van der Waals surface area contributed by atoms with Crippen LogP contribution in [-0.2, 0) is 0 Å². The Hall–Kier alpha value is -0.520.